The maximum Gasteiger partial charge on any atom is 0.224 e. The minimum absolute atomic E-state index is 0.0929. The second-order valence-corrected chi connectivity index (χ2v) is 5.79. The average molecular weight is 317 g/mol. The van der Waals surface area contributed by atoms with E-state index >= 15 is 0 Å². The third-order valence-corrected chi connectivity index (χ3v) is 4.38. The van der Waals surface area contributed by atoms with Crippen molar-refractivity contribution in [2.45, 2.75) is 32.1 Å². The zero-order valence-corrected chi connectivity index (χ0v) is 11.9. The van der Waals surface area contributed by atoms with E-state index < -0.39 is 0 Å². The molecule has 0 atom stereocenters. The lowest BCUT2D eigenvalue weighted by molar-refractivity contribution is -0.117. The van der Waals surface area contributed by atoms with Gasteiger partial charge in [0.15, 0.2) is 0 Å². The molecule has 1 aliphatic carbocycles. The second kappa shape index (κ2) is 5.87. The summed E-state index contributed by atoms with van der Waals surface area (Å²) in [6, 6.07) is 5.45. The minimum atomic E-state index is 0.0929. The van der Waals surface area contributed by atoms with Gasteiger partial charge in [0.1, 0.15) is 0 Å². The molecule has 0 spiro atoms. The molecule has 1 N–H and O–H groups in total. The van der Waals surface area contributed by atoms with Crippen LogP contribution in [0.5, 0.6) is 0 Å². The zero-order valence-electron chi connectivity index (χ0n) is 9.51. The highest BCUT2D eigenvalue weighted by Crippen LogP contribution is 2.29. The summed E-state index contributed by atoms with van der Waals surface area (Å²) in [5.41, 5.74) is 0.765. The lowest BCUT2D eigenvalue weighted by atomic mass is 10.0. The monoisotopic (exact) mass is 315 g/mol. The van der Waals surface area contributed by atoms with Gasteiger partial charge in [-0.2, -0.15) is 0 Å². The van der Waals surface area contributed by atoms with E-state index in [1.807, 2.05) is 12.1 Å². The largest absolute Gasteiger partial charge is 0.326 e. The molecule has 1 fully saturated rings. The lowest BCUT2D eigenvalue weighted by Gasteiger charge is -2.10. The predicted molar refractivity (Wildman–Crippen MR) is 74.4 cm³/mol. The van der Waals surface area contributed by atoms with Crippen molar-refractivity contribution < 1.29 is 4.79 Å². The van der Waals surface area contributed by atoms with E-state index in [9.17, 15) is 4.79 Å². The Morgan fingerprint density at radius 1 is 1.41 bits per heavy atom. The van der Waals surface area contributed by atoms with Crippen LogP contribution in [0.15, 0.2) is 22.7 Å². The molecule has 1 amide bonds. The smallest absolute Gasteiger partial charge is 0.224 e. The predicted octanol–water partition coefficient (Wildman–Crippen LogP) is 4.62. The maximum absolute atomic E-state index is 11.8. The molecular weight excluding hydrogens is 302 g/mol. The normalized spacial score (nSPS) is 16.1. The third kappa shape index (κ3) is 3.71. The fourth-order valence-corrected chi connectivity index (χ4v) is 2.69. The van der Waals surface area contributed by atoms with Crippen LogP contribution in [0.2, 0.25) is 5.02 Å². The number of hydrogen-bond acceptors (Lipinski definition) is 1. The summed E-state index contributed by atoms with van der Waals surface area (Å²) in [7, 11) is 0. The quantitative estimate of drug-likeness (QED) is 0.866. The fraction of sp³-hybridized carbons (Fsp3) is 0.462. The van der Waals surface area contributed by atoms with E-state index in [-0.39, 0.29) is 5.91 Å². The van der Waals surface area contributed by atoms with E-state index in [0.717, 1.165) is 10.2 Å². The Balaban J connectivity index is 1.90. The second-order valence-electron chi connectivity index (χ2n) is 4.53. The van der Waals surface area contributed by atoms with Gasteiger partial charge < -0.3 is 5.32 Å². The molecular formula is C13H15BrClNO. The molecule has 0 aromatic heterocycles. The van der Waals surface area contributed by atoms with Crippen molar-refractivity contribution in [3.8, 4) is 0 Å². The molecule has 1 aromatic carbocycles. The Hall–Kier alpha value is -0.540. The molecule has 0 radical (unpaired) electrons. The van der Waals surface area contributed by atoms with Crippen molar-refractivity contribution >= 4 is 39.1 Å². The fourth-order valence-electron chi connectivity index (χ4n) is 2.26. The van der Waals surface area contributed by atoms with Crippen LogP contribution in [0.1, 0.15) is 32.1 Å². The van der Waals surface area contributed by atoms with Gasteiger partial charge in [0.2, 0.25) is 5.91 Å². The summed E-state index contributed by atoms with van der Waals surface area (Å²) < 4.78 is 0.841. The van der Waals surface area contributed by atoms with Gasteiger partial charge in [-0.1, -0.05) is 24.4 Å². The summed E-state index contributed by atoms with van der Waals surface area (Å²) in [4.78, 5) is 11.8. The number of rotatable bonds is 3. The first kappa shape index (κ1) is 12.9. The van der Waals surface area contributed by atoms with E-state index in [2.05, 4.69) is 21.2 Å². The topological polar surface area (TPSA) is 29.1 Å². The van der Waals surface area contributed by atoms with Crippen molar-refractivity contribution in [1.29, 1.82) is 0 Å². The number of hydrogen-bond donors (Lipinski definition) is 1. The van der Waals surface area contributed by atoms with E-state index in [1.165, 1.54) is 25.7 Å². The van der Waals surface area contributed by atoms with Crippen molar-refractivity contribution in [1.82, 2.24) is 0 Å². The Morgan fingerprint density at radius 2 is 2.12 bits per heavy atom. The van der Waals surface area contributed by atoms with Crippen LogP contribution in [0.25, 0.3) is 0 Å². The van der Waals surface area contributed by atoms with E-state index in [4.69, 9.17) is 11.6 Å². The van der Waals surface area contributed by atoms with Crippen LogP contribution < -0.4 is 5.32 Å². The zero-order chi connectivity index (χ0) is 12.3. The lowest BCUT2D eigenvalue weighted by Crippen LogP contribution is -2.15. The highest BCUT2D eigenvalue weighted by Gasteiger charge is 2.18. The van der Waals surface area contributed by atoms with Crippen LogP contribution in [0.3, 0.4) is 0 Å². The highest BCUT2D eigenvalue weighted by atomic mass is 79.9. The molecule has 2 rings (SSSR count). The molecule has 0 heterocycles. The first-order valence-corrected chi connectivity index (χ1v) is 7.07. The van der Waals surface area contributed by atoms with Gasteiger partial charge in [-0.25, -0.2) is 0 Å². The molecule has 4 heteroatoms. The van der Waals surface area contributed by atoms with Crippen molar-refractivity contribution in [2.24, 2.45) is 5.92 Å². The number of amides is 1. The van der Waals surface area contributed by atoms with Gasteiger partial charge in [0.25, 0.3) is 0 Å². The molecule has 1 aliphatic rings. The highest BCUT2D eigenvalue weighted by molar-refractivity contribution is 9.10. The molecule has 1 aromatic rings. The molecule has 0 saturated heterocycles. The molecule has 0 aliphatic heterocycles. The Labute approximate surface area is 115 Å². The van der Waals surface area contributed by atoms with Crippen LogP contribution in [0.4, 0.5) is 5.69 Å². The summed E-state index contributed by atoms with van der Waals surface area (Å²) in [6.45, 7) is 0. The Kier molecular flexibility index (Phi) is 4.46. The summed E-state index contributed by atoms with van der Waals surface area (Å²) in [6.07, 6.45) is 5.54. The van der Waals surface area contributed by atoms with Crippen molar-refractivity contribution in [3.05, 3.63) is 27.7 Å². The average Bonchev–Trinajstić information content (AvgIpc) is 2.76. The van der Waals surface area contributed by atoms with Gasteiger partial charge in [-0.15, -0.1) is 0 Å². The maximum atomic E-state index is 11.8. The molecule has 1 saturated carbocycles. The van der Waals surface area contributed by atoms with Gasteiger partial charge in [0, 0.05) is 16.6 Å². The molecule has 0 unspecified atom stereocenters. The molecule has 2 nitrogen and oxygen atoms in total. The first-order chi connectivity index (χ1) is 8.15. The van der Waals surface area contributed by atoms with Crippen LogP contribution in [-0.4, -0.2) is 5.91 Å². The summed E-state index contributed by atoms with van der Waals surface area (Å²) >= 11 is 9.29. The first-order valence-electron chi connectivity index (χ1n) is 5.90. The summed E-state index contributed by atoms with van der Waals surface area (Å²) in [5.74, 6) is 0.663. The van der Waals surface area contributed by atoms with Crippen LogP contribution in [-0.2, 0) is 4.79 Å². The van der Waals surface area contributed by atoms with E-state index in [1.54, 1.807) is 6.07 Å². The van der Waals surface area contributed by atoms with Gasteiger partial charge in [-0.05, 0) is 52.9 Å². The van der Waals surface area contributed by atoms with Crippen molar-refractivity contribution in [2.75, 3.05) is 5.32 Å². The standard InChI is InChI=1S/C13H15BrClNO/c14-11-6-5-10(8-12(11)15)16-13(17)7-9-3-1-2-4-9/h5-6,8-9H,1-4,7H2,(H,16,17). The number of halogens is 2. The SMILES string of the molecule is O=C(CC1CCCC1)Nc1ccc(Br)c(Cl)c1. The number of carbonyl (C=O) groups excluding carboxylic acids is 1. The molecule has 92 valence electrons. The van der Waals surface area contributed by atoms with Crippen LogP contribution in [0, 0.1) is 5.92 Å². The van der Waals surface area contributed by atoms with Crippen molar-refractivity contribution in [3.63, 3.8) is 0 Å². The summed E-state index contributed by atoms with van der Waals surface area (Å²) in [5, 5.41) is 3.51. The molecule has 0 bridgehead atoms. The van der Waals surface area contributed by atoms with Gasteiger partial charge >= 0.3 is 0 Å². The molecule has 17 heavy (non-hydrogen) atoms. The number of carbonyl (C=O) groups is 1. The Morgan fingerprint density at radius 3 is 2.76 bits per heavy atom. The van der Waals surface area contributed by atoms with Gasteiger partial charge in [0.05, 0.1) is 5.02 Å². The number of nitrogens with one attached hydrogen (secondary N) is 1. The van der Waals surface area contributed by atoms with E-state index in [0.29, 0.717) is 17.4 Å². The third-order valence-electron chi connectivity index (χ3n) is 3.15. The Bertz CT molecular complexity index is 416. The van der Waals surface area contributed by atoms with Gasteiger partial charge in [-0.3, -0.25) is 4.79 Å². The van der Waals surface area contributed by atoms with Crippen LogP contribution >= 0.6 is 27.5 Å². The number of anilines is 1. The number of benzene rings is 1. The minimum Gasteiger partial charge on any atom is -0.326 e.